The van der Waals surface area contributed by atoms with Crippen molar-refractivity contribution in [2.75, 3.05) is 5.73 Å². The molecular formula is C13H16ClN3. The van der Waals surface area contributed by atoms with Crippen molar-refractivity contribution in [1.29, 1.82) is 0 Å². The number of anilines is 1. The Morgan fingerprint density at radius 2 is 2.06 bits per heavy atom. The Labute approximate surface area is 106 Å². The molecule has 1 heterocycles. The number of benzene rings is 1. The smallest absolute Gasteiger partial charge is 0.149 e. The fourth-order valence-corrected chi connectivity index (χ4v) is 2.11. The molecule has 2 rings (SSSR count). The van der Waals surface area contributed by atoms with E-state index in [9.17, 15) is 0 Å². The minimum Gasteiger partial charge on any atom is -0.382 e. The Kier molecular flexibility index (Phi) is 3.38. The highest BCUT2D eigenvalue weighted by molar-refractivity contribution is 6.33. The molecule has 1 aromatic heterocycles. The first-order valence-corrected chi connectivity index (χ1v) is 6.05. The monoisotopic (exact) mass is 249 g/mol. The number of hydrogen-bond acceptors (Lipinski definition) is 2. The molecule has 0 unspecified atom stereocenters. The normalized spacial score (nSPS) is 11.1. The van der Waals surface area contributed by atoms with Crippen molar-refractivity contribution in [2.24, 2.45) is 5.92 Å². The third-order valence-electron chi connectivity index (χ3n) is 2.65. The number of H-pyrrole nitrogens is 1. The van der Waals surface area contributed by atoms with Gasteiger partial charge in [-0.1, -0.05) is 43.6 Å². The average molecular weight is 250 g/mol. The largest absolute Gasteiger partial charge is 0.382 e. The molecule has 0 amide bonds. The summed E-state index contributed by atoms with van der Waals surface area (Å²) in [5.41, 5.74) is 8.83. The van der Waals surface area contributed by atoms with Crippen LogP contribution in [0.15, 0.2) is 24.3 Å². The van der Waals surface area contributed by atoms with Gasteiger partial charge in [0, 0.05) is 16.1 Å². The minimum atomic E-state index is 0.524. The van der Waals surface area contributed by atoms with Crippen LogP contribution in [0.25, 0.3) is 11.3 Å². The number of rotatable bonds is 3. The molecule has 17 heavy (non-hydrogen) atoms. The molecule has 3 nitrogen and oxygen atoms in total. The van der Waals surface area contributed by atoms with Crippen molar-refractivity contribution < 1.29 is 0 Å². The second kappa shape index (κ2) is 4.80. The van der Waals surface area contributed by atoms with Crippen LogP contribution in [0.4, 0.5) is 5.82 Å². The quantitative estimate of drug-likeness (QED) is 0.875. The van der Waals surface area contributed by atoms with E-state index in [4.69, 9.17) is 17.3 Å². The van der Waals surface area contributed by atoms with Gasteiger partial charge >= 0.3 is 0 Å². The molecule has 2 aromatic rings. The molecule has 1 aromatic carbocycles. The van der Waals surface area contributed by atoms with Crippen molar-refractivity contribution in [3.05, 3.63) is 34.9 Å². The number of nitrogens with two attached hydrogens (primary N) is 1. The van der Waals surface area contributed by atoms with E-state index in [0.29, 0.717) is 16.8 Å². The molecule has 0 aliphatic carbocycles. The summed E-state index contributed by atoms with van der Waals surface area (Å²) in [6, 6.07) is 7.71. The predicted molar refractivity (Wildman–Crippen MR) is 72.0 cm³/mol. The van der Waals surface area contributed by atoms with E-state index in [1.54, 1.807) is 0 Å². The van der Waals surface area contributed by atoms with Gasteiger partial charge in [0.05, 0.1) is 5.69 Å². The highest BCUT2D eigenvalue weighted by Gasteiger charge is 2.15. The molecule has 4 heteroatoms. The maximum Gasteiger partial charge on any atom is 0.149 e. The van der Waals surface area contributed by atoms with Crippen LogP contribution < -0.4 is 5.73 Å². The number of nitrogens with one attached hydrogen (secondary N) is 1. The summed E-state index contributed by atoms with van der Waals surface area (Å²) in [5.74, 6) is 1.09. The van der Waals surface area contributed by atoms with Crippen LogP contribution in [0.5, 0.6) is 0 Å². The Morgan fingerprint density at radius 3 is 2.71 bits per heavy atom. The zero-order valence-electron chi connectivity index (χ0n) is 10.00. The summed E-state index contributed by atoms with van der Waals surface area (Å²) < 4.78 is 0. The van der Waals surface area contributed by atoms with E-state index < -0.39 is 0 Å². The lowest BCUT2D eigenvalue weighted by Crippen LogP contribution is -1.99. The van der Waals surface area contributed by atoms with Gasteiger partial charge in [0.25, 0.3) is 0 Å². The van der Waals surface area contributed by atoms with Crippen LogP contribution in [0.3, 0.4) is 0 Å². The van der Waals surface area contributed by atoms with Gasteiger partial charge in [-0.2, -0.15) is 5.10 Å². The summed E-state index contributed by atoms with van der Waals surface area (Å²) in [7, 11) is 0. The van der Waals surface area contributed by atoms with Gasteiger partial charge < -0.3 is 5.73 Å². The van der Waals surface area contributed by atoms with Gasteiger partial charge in [0.15, 0.2) is 0 Å². The lowest BCUT2D eigenvalue weighted by Gasteiger charge is -2.08. The first kappa shape index (κ1) is 12.0. The number of nitrogen functional groups attached to an aromatic ring is 1. The van der Waals surface area contributed by atoms with Crippen molar-refractivity contribution in [3.63, 3.8) is 0 Å². The Hall–Kier alpha value is -1.48. The van der Waals surface area contributed by atoms with Crippen molar-refractivity contribution in [1.82, 2.24) is 10.2 Å². The van der Waals surface area contributed by atoms with E-state index in [1.165, 1.54) is 0 Å². The number of aromatic nitrogens is 2. The number of nitrogens with zero attached hydrogens (tertiary/aromatic N) is 1. The van der Waals surface area contributed by atoms with E-state index in [1.807, 2.05) is 24.3 Å². The highest BCUT2D eigenvalue weighted by atomic mass is 35.5. The predicted octanol–water partition coefficient (Wildman–Crippen LogP) is 3.51. The zero-order chi connectivity index (χ0) is 12.4. The van der Waals surface area contributed by atoms with Crippen LogP contribution in [0.2, 0.25) is 5.02 Å². The Balaban J connectivity index is 2.49. The summed E-state index contributed by atoms with van der Waals surface area (Å²) >= 11 is 6.19. The standard InChI is InChI=1S/C13H16ClN3/c1-8(2)7-10-12(16-17-13(10)15)9-5-3-4-6-11(9)14/h3-6,8H,7H2,1-2H3,(H3,15,16,17). The second-order valence-corrected chi connectivity index (χ2v) is 4.95. The third kappa shape index (κ3) is 2.44. The Bertz CT molecular complexity index is 517. The van der Waals surface area contributed by atoms with Gasteiger partial charge in [-0.3, -0.25) is 5.10 Å². The maximum absolute atomic E-state index is 6.19. The second-order valence-electron chi connectivity index (χ2n) is 4.54. The van der Waals surface area contributed by atoms with Crippen LogP contribution in [0.1, 0.15) is 19.4 Å². The van der Waals surface area contributed by atoms with E-state index in [-0.39, 0.29) is 0 Å². The van der Waals surface area contributed by atoms with Crippen molar-refractivity contribution in [3.8, 4) is 11.3 Å². The molecule has 3 N–H and O–H groups in total. The molecule has 0 radical (unpaired) electrons. The molecule has 0 atom stereocenters. The third-order valence-corrected chi connectivity index (χ3v) is 2.98. The molecule has 90 valence electrons. The van der Waals surface area contributed by atoms with Gasteiger partial charge in [-0.05, 0) is 18.4 Å². The molecule has 0 fully saturated rings. The average Bonchev–Trinajstić information content (AvgIpc) is 2.61. The van der Waals surface area contributed by atoms with E-state index >= 15 is 0 Å². The SMILES string of the molecule is CC(C)Cc1c(N)n[nH]c1-c1ccccc1Cl. The van der Waals surface area contributed by atoms with Crippen molar-refractivity contribution >= 4 is 17.4 Å². The van der Waals surface area contributed by atoms with Gasteiger partial charge in [0.1, 0.15) is 5.82 Å². The first-order valence-electron chi connectivity index (χ1n) is 5.67. The van der Waals surface area contributed by atoms with Crippen LogP contribution in [-0.2, 0) is 6.42 Å². The number of aromatic amines is 1. The first-order chi connectivity index (χ1) is 8.09. The fraction of sp³-hybridized carbons (Fsp3) is 0.308. The van der Waals surface area contributed by atoms with Gasteiger partial charge in [-0.15, -0.1) is 0 Å². The van der Waals surface area contributed by atoms with E-state index in [2.05, 4.69) is 24.0 Å². The lowest BCUT2D eigenvalue weighted by atomic mass is 9.99. The molecule has 0 spiro atoms. The minimum absolute atomic E-state index is 0.524. The summed E-state index contributed by atoms with van der Waals surface area (Å²) in [6.07, 6.45) is 0.892. The molecular weight excluding hydrogens is 234 g/mol. The zero-order valence-corrected chi connectivity index (χ0v) is 10.8. The molecule has 0 saturated carbocycles. The summed E-state index contributed by atoms with van der Waals surface area (Å²) in [6.45, 7) is 4.31. The summed E-state index contributed by atoms with van der Waals surface area (Å²) in [4.78, 5) is 0. The number of halogens is 1. The van der Waals surface area contributed by atoms with Crippen LogP contribution in [0, 0.1) is 5.92 Å². The Morgan fingerprint density at radius 1 is 1.35 bits per heavy atom. The van der Waals surface area contributed by atoms with Gasteiger partial charge in [0.2, 0.25) is 0 Å². The molecule has 0 aliphatic heterocycles. The molecule has 0 saturated heterocycles. The summed E-state index contributed by atoms with van der Waals surface area (Å²) in [5, 5.41) is 7.77. The van der Waals surface area contributed by atoms with E-state index in [0.717, 1.165) is 23.2 Å². The van der Waals surface area contributed by atoms with Gasteiger partial charge in [-0.25, -0.2) is 0 Å². The molecule has 0 bridgehead atoms. The molecule has 0 aliphatic rings. The topological polar surface area (TPSA) is 54.7 Å². The maximum atomic E-state index is 6.19. The number of hydrogen-bond donors (Lipinski definition) is 2. The highest BCUT2D eigenvalue weighted by Crippen LogP contribution is 2.32. The van der Waals surface area contributed by atoms with Crippen molar-refractivity contribution in [2.45, 2.75) is 20.3 Å². The fourth-order valence-electron chi connectivity index (χ4n) is 1.88. The lowest BCUT2D eigenvalue weighted by molar-refractivity contribution is 0.649. The van der Waals surface area contributed by atoms with Crippen LogP contribution >= 0.6 is 11.6 Å². The van der Waals surface area contributed by atoms with Crippen LogP contribution in [-0.4, -0.2) is 10.2 Å².